The molecule has 0 aliphatic carbocycles. The summed E-state index contributed by atoms with van der Waals surface area (Å²) in [5.74, 6) is 0.268. The summed E-state index contributed by atoms with van der Waals surface area (Å²) in [6, 6.07) is 10.2. The van der Waals surface area contributed by atoms with Crippen LogP contribution in [0.25, 0.3) is 11.0 Å². The predicted octanol–water partition coefficient (Wildman–Crippen LogP) is 5.00. The van der Waals surface area contributed by atoms with Gasteiger partial charge in [-0.05, 0) is 38.1 Å². The van der Waals surface area contributed by atoms with Gasteiger partial charge in [0.25, 0.3) is 0 Å². The number of fused-ring (bicyclic) bond motifs is 1. The van der Waals surface area contributed by atoms with Gasteiger partial charge in [-0.15, -0.1) is 0 Å². The summed E-state index contributed by atoms with van der Waals surface area (Å²) in [7, 11) is 0. The summed E-state index contributed by atoms with van der Waals surface area (Å²) in [6.07, 6.45) is 0. The summed E-state index contributed by atoms with van der Waals surface area (Å²) >= 11 is 3.25. The molecule has 1 heterocycles. The minimum absolute atomic E-state index is 0.340. The topological polar surface area (TPSA) is 39.2 Å². The number of halogens is 2. The Morgan fingerprint density at radius 1 is 1.14 bits per heavy atom. The zero-order valence-corrected chi connectivity index (χ0v) is 13.4. The summed E-state index contributed by atoms with van der Waals surface area (Å²) in [4.78, 5) is 0. The van der Waals surface area contributed by atoms with Crippen LogP contribution in [0, 0.1) is 19.7 Å². The maximum atomic E-state index is 14.1. The molecule has 0 aliphatic heterocycles. The molecule has 1 unspecified atom stereocenters. The summed E-state index contributed by atoms with van der Waals surface area (Å²) < 4.78 is 20.6. The molecule has 0 amide bonds. The largest absolute Gasteiger partial charge is 0.459 e. The number of benzene rings is 2. The molecule has 0 fully saturated rings. The average molecular weight is 348 g/mol. The van der Waals surface area contributed by atoms with Crippen molar-refractivity contribution in [3.8, 4) is 0 Å². The Bertz CT molecular complexity index is 825. The third-order valence-electron chi connectivity index (χ3n) is 3.71. The summed E-state index contributed by atoms with van der Waals surface area (Å²) in [5, 5.41) is 1.03. The van der Waals surface area contributed by atoms with Gasteiger partial charge in [0.15, 0.2) is 0 Å². The fraction of sp³-hybridized carbons (Fsp3) is 0.176. The van der Waals surface area contributed by atoms with Gasteiger partial charge in [-0.3, -0.25) is 0 Å². The lowest BCUT2D eigenvalue weighted by molar-refractivity contribution is 0.506. The highest BCUT2D eigenvalue weighted by atomic mass is 79.9. The quantitative estimate of drug-likeness (QED) is 0.708. The van der Waals surface area contributed by atoms with Crippen molar-refractivity contribution in [2.75, 3.05) is 0 Å². The number of hydrogen-bond donors (Lipinski definition) is 1. The molecule has 0 bridgehead atoms. The highest BCUT2D eigenvalue weighted by molar-refractivity contribution is 9.10. The first kappa shape index (κ1) is 14.3. The van der Waals surface area contributed by atoms with Crippen LogP contribution < -0.4 is 5.73 Å². The van der Waals surface area contributed by atoms with Crippen molar-refractivity contribution in [1.29, 1.82) is 0 Å². The van der Waals surface area contributed by atoms with E-state index < -0.39 is 6.04 Å². The molecule has 0 aliphatic rings. The summed E-state index contributed by atoms with van der Waals surface area (Å²) in [6.45, 7) is 3.98. The molecular formula is C17H15BrFNO. The predicted molar refractivity (Wildman–Crippen MR) is 85.8 cm³/mol. The van der Waals surface area contributed by atoms with Crippen molar-refractivity contribution in [2.24, 2.45) is 5.73 Å². The molecular weight excluding hydrogens is 333 g/mol. The lowest BCUT2D eigenvalue weighted by Crippen LogP contribution is -2.13. The van der Waals surface area contributed by atoms with Crippen LogP contribution in [0.15, 0.2) is 45.3 Å². The van der Waals surface area contributed by atoms with Crippen molar-refractivity contribution in [3.63, 3.8) is 0 Å². The maximum absolute atomic E-state index is 14.1. The molecule has 1 aromatic heterocycles. The van der Waals surface area contributed by atoms with Gasteiger partial charge in [-0.2, -0.15) is 0 Å². The van der Waals surface area contributed by atoms with E-state index in [0.29, 0.717) is 15.8 Å². The SMILES string of the molecule is Cc1ccc2oc(C(N)c3ccc(Br)cc3F)c(C)c2c1. The van der Waals surface area contributed by atoms with Gasteiger partial charge in [-0.1, -0.05) is 33.6 Å². The fourth-order valence-electron chi connectivity index (χ4n) is 2.55. The van der Waals surface area contributed by atoms with Gasteiger partial charge in [0.1, 0.15) is 17.2 Å². The van der Waals surface area contributed by atoms with Gasteiger partial charge in [-0.25, -0.2) is 4.39 Å². The second kappa shape index (κ2) is 5.28. The van der Waals surface area contributed by atoms with Crippen LogP contribution in [0.5, 0.6) is 0 Å². The van der Waals surface area contributed by atoms with Gasteiger partial charge in [0.2, 0.25) is 0 Å². The number of rotatable bonds is 2. The molecule has 4 heteroatoms. The van der Waals surface area contributed by atoms with Crippen LogP contribution in [0.2, 0.25) is 0 Å². The normalized spacial score (nSPS) is 12.8. The highest BCUT2D eigenvalue weighted by Gasteiger charge is 2.21. The minimum atomic E-state index is -0.620. The zero-order valence-electron chi connectivity index (χ0n) is 11.8. The van der Waals surface area contributed by atoms with Crippen molar-refractivity contribution >= 4 is 26.9 Å². The molecule has 0 radical (unpaired) electrons. The molecule has 0 saturated carbocycles. The monoisotopic (exact) mass is 347 g/mol. The van der Waals surface area contributed by atoms with Crippen molar-refractivity contribution in [3.05, 3.63) is 69.1 Å². The third kappa shape index (κ3) is 2.49. The van der Waals surface area contributed by atoms with E-state index in [-0.39, 0.29) is 5.82 Å². The highest BCUT2D eigenvalue weighted by Crippen LogP contribution is 2.33. The first-order valence-corrected chi connectivity index (χ1v) is 7.47. The molecule has 2 N–H and O–H groups in total. The van der Waals surface area contributed by atoms with Crippen LogP contribution in [0.4, 0.5) is 4.39 Å². The molecule has 3 rings (SSSR count). The van der Waals surface area contributed by atoms with Crippen LogP contribution in [0.3, 0.4) is 0 Å². The van der Waals surface area contributed by atoms with E-state index in [2.05, 4.69) is 22.0 Å². The summed E-state index contributed by atoms with van der Waals surface area (Å²) in [5.41, 5.74) is 9.54. The van der Waals surface area contributed by atoms with E-state index in [0.717, 1.165) is 22.1 Å². The van der Waals surface area contributed by atoms with Gasteiger partial charge >= 0.3 is 0 Å². The van der Waals surface area contributed by atoms with E-state index in [1.807, 2.05) is 26.0 Å². The number of hydrogen-bond acceptors (Lipinski definition) is 2. The van der Waals surface area contributed by atoms with E-state index in [9.17, 15) is 4.39 Å². The Morgan fingerprint density at radius 3 is 2.62 bits per heavy atom. The molecule has 0 saturated heterocycles. The number of nitrogens with two attached hydrogens (primary N) is 1. The molecule has 0 spiro atoms. The van der Waals surface area contributed by atoms with Crippen LogP contribution in [-0.4, -0.2) is 0 Å². The second-order valence-electron chi connectivity index (χ2n) is 5.23. The first-order chi connectivity index (χ1) is 9.97. The van der Waals surface area contributed by atoms with Gasteiger partial charge < -0.3 is 10.2 Å². The Balaban J connectivity index is 2.13. The molecule has 21 heavy (non-hydrogen) atoms. The molecule has 2 aromatic carbocycles. The zero-order chi connectivity index (χ0) is 15.1. The number of aryl methyl sites for hydroxylation is 2. The second-order valence-corrected chi connectivity index (χ2v) is 6.15. The van der Waals surface area contributed by atoms with E-state index in [4.69, 9.17) is 10.2 Å². The Hall–Kier alpha value is -1.65. The molecule has 3 aromatic rings. The molecule has 2 nitrogen and oxygen atoms in total. The number of furan rings is 1. The van der Waals surface area contributed by atoms with Crippen LogP contribution >= 0.6 is 15.9 Å². The standard InChI is InChI=1S/C17H15BrFNO/c1-9-3-6-15-13(7-9)10(2)17(21-15)16(20)12-5-4-11(18)8-14(12)19/h3-8,16H,20H2,1-2H3. The van der Waals surface area contributed by atoms with Crippen molar-refractivity contribution in [1.82, 2.24) is 0 Å². The van der Waals surface area contributed by atoms with Crippen molar-refractivity contribution in [2.45, 2.75) is 19.9 Å². The Labute approximate surface area is 130 Å². The van der Waals surface area contributed by atoms with E-state index in [1.54, 1.807) is 12.1 Å². The smallest absolute Gasteiger partial charge is 0.134 e. The molecule has 108 valence electrons. The van der Waals surface area contributed by atoms with E-state index in [1.165, 1.54) is 6.07 Å². The average Bonchev–Trinajstić information content (AvgIpc) is 2.75. The Kier molecular flexibility index (Phi) is 3.59. The first-order valence-electron chi connectivity index (χ1n) is 6.67. The third-order valence-corrected chi connectivity index (χ3v) is 4.20. The van der Waals surface area contributed by atoms with E-state index >= 15 is 0 Å². The van der Waals surface area contributed by atoms with Gasteiger partial charge in [0, 0.05) is 21.0 Å². The fourth-order valence-corrected chi connectivity index (χ4v) is 2.88. The lowest BCUT2D eigenvalue weighted by Gasteiger charge is -2.11. The van der Waals surface area contributed by atoms with Crippen LogP contribution in [0.1, 0.15) is 28.5 Å². The van der Waals surface area contributed by atoms with Crippen LogP contribution in [-0.2, 0) is 0 Å². The maximum Gasteiger partial charge on any atom is 0.134 e. The minimum Gasteiger partial charge on any atom is -0.459 e. The van der Waals surface area contributed by atoms with Gasteiger partial charge in [0.05, 0.1) is 6.04 Å². The Morgan fingerprint density at radius 2 is 1.90 bits per heavy atom. The van der Waals surface area contributed by atoms with Crippen molar-refractivity contribution < 1.29 is 8.81 Å². The lowest BCUT2D eigenvalue weighted by atomic mass is 10.0. The molecule has 1 atom stereocenters.